The lowest BCUT2D eigenvalue weighted by Gasteiger charge is -2.12. The first-order valence-corrected chi connectivity index (χ1v) is 7.79. The Morgan fingerprint density at radius 3 is 2.36 bits per heavy atom. The summed E-state index contributed by atoms with van der Waals surface area (Å²) in [4.78, 5) is 0.318. The van der Waals surface area contributed by atoms with Crippen LogP contribution in [0.15, 0.2) is 46.9 Å². The summed E-state index contributed by atoms with van der Waals surface area (Å²) in [5.74, 6) is 2.01. The molecule has 0 aromatic heterocycles. The number of benzene rings is 2. The summed E-state index contributed by atoms with van der Waals surface area (Å²) in [6.45, 7) is 0.801. The van der Waals surface area contributed by atoms with Crippen molar-refractivity contribution in [1.82, 2.24) is 0 Å². The summed E-state index contributed by atoms with van der Waals surface area (Å²) < 4.78 is 17.5. The van der Waals surface area contributed by atoms with Gasteiger partial charge in [-0.2, -0.15) is 0 Å². The molecular weight excluding hydrogens is 366 g/mol. The van der Waals surface area contributed by atoms with Gasteiger partial charge in [0.25, 0.3) is 0 Å². The SMILES string of the molecule is COc1ccc(C(N)=S)cc1OCCOc1ccc(Br)cc1. The minimum Gasteiger partial charge on any atom is -0.493 e. The number of hydrogen-bond acceptors (Lipinski definition) is 4. The predicted octanol–water partition coefficient (Wildman–Crippen LogP) is 3.55. The van der Waals surface area contributed by atoms with Gasteiger partial charge < -0.3 is 19.9 Å². The van der Waals surface area contributed by atoms with Crippen molar-refractivity contribution >= 4 is 33.1 Å². The first kappa shape index (κ1) is 16.6. The second kappa shape index (κ2) is 8.00. The maximum Gasteiger partial charge on any atom is 0.162 e. The number of thiocarbonyl (C=S) groups is 1. The number of rotatable bonds is 7. The first-order chi connectivity index (χ1) is 10.6. The molecule has 0 aliphatic heterocycles. The number of methoxy groups -OCH3 is 1. The van der Waals surface area contributed by atoms with Gasteiger partial charge in [-0.05, 0) is 42.5 Å². The van der Waals surface area contributed by atoms with Crippen LogP contribution in [-0.4, -0.2) is 25.3 Å². The van der Waals surface area contributed by atoms with Crippen molar-refractivity contribution in [1.29, 1.82) is 0 Å². The standard InChI is InChI=1S/C16H16BrNO3S/c1-19-14-7-2-11(16(18)22)10-15(14)21-9-8-20-13-5-3-12(17)4-6-13/h2-7,10H,8-9H2,1H3,(H2,18,22). The van der Waals surface area contributed by atoms with Crippen molar-refractivity contribution in [2.45, 2.75) is 0 Å². The van der Waals surface area contributed by atoms with Crippen LogP contribution in [0.1, 0.15) is 5.56 Å². The molecule has 0 aliphatic carbocycles. The van der Waals surface area contributed by atoms with E-state index in [2.05, 4.69) is 15.9 Å². The van der Waals surface area contributed by atoms with Crippen molar-refractivity contribution in [2.75, 3.05) is 20.3 Å². The van der Waals surface area contributed by atoms with Gasteiger partial charge in [-0.15, -0.1) is 0 Å². The molecule has 0 atom stereocenters. The second-order valence-corrected chi connectivity index (χ2v) is 5.74. The minimum absolute atomic E-state index is 0.318. The van der Waals surface area contributed by atoms with Crippen molar-refractivity contribution in [3.63, 3.8) is 0 Å². The van der Waals surface area contributed by atoms with Gasteiger partial charge in [0.05, 0.1) is 7.11 Å². The summed E-state index contributed by atoms with van der Waals surface area (Å²) in [7, 11) is 1.58. The molecule has 2 N–H and O–H groups in total. The lowest BCUT2D eigenvalue weighted by Crippen LogP contribution is -2.12. The zero-order valence-corrected chi connectivity index (χ0v) is 14.4. The zero-order valence-electron chi connectivity index (χ0n) is 12.0. The van der Waals surface area contributed by atoms with Crippen LogP contribution in [0.5, 0.6) is 17.2 Å². The number of hydrogen-bond donors (Lipinski definition) is 1. The van der Waals surface area contributed by atoms with Gasteiger partial charge in [0.15, 0.2) is 11.5 Å². The Labute approximate surface area is 143 Å². The van der Waals surface area contributed by atoms with Crippen LogP contribution < -0.4 is 19.9 Å². The molecule has 0 saturated heterocycles. The van der Waals surface area contributed by atoms with Gasteiger partial charge in [0.1, 0.15) is 24.0 Å². The van der Waals surface area contributed by atoms with Gasteiger partial charge in [-0.3, -0.25) is 0 Å². The molecule has 4 nitrogen and oxygen atoms in total. The van der Waals surface area contributed by atoms with Gasteiger partial charge >= 0.3 is 0 Å². The predicted molar refractivity (Wildman–Crippen MR) is 94.0 cm³/mol. The van der Waals surface area contributed by atoms with Gasteiger partial charge in [0.2, 0.25) is 0 Å². The van der Waals surface area contributed by atoms with Gasteiger partial charge in [-0.1, -0.05) is 28.1 Å². The summed E-state index contributed by atoms with van der Waals surface area (Å²) in [5, 5.41) is 0. The van der Waals surface area contributed by atoms with E-state index in [4.69, 9.17) is 32.2 Å². The highest BCUT2D eigenvalue weighted by molar-refractivity contribution is 9.10. The molecule has 0 saturated carbocycles. The van der Waals surface area contributed by atoms with Crippen LogP contribution in [0, 0.1) is 0 Å². The third-order valence-corrected chi connectivity index (χ3v) is 3.64. The van der Waals surface area contributed by atoms with Crippen molar-refractivity contribution in [2.24, 2.45) is 5.73 Å². The number of ether oxygens (including phenoxy) is 3. The smallest absolute Gasteiger partial charge is 0.162 e. The normalized spacial score (nSPS) is 10.1. The molecular formula is C16H16BrNO3S. The van der Waals surface area contributed by atoms with E-state index >= 15 is 0 Å². The summed E-state index contributed by atoms with van der Waals surface area (Å²) >= 11 is 8.34. The van der Waals surface area contributed by atoms with Crippen LogP contribution in [0.4, 0.5) is 0 Å². The van der Waals surface area contributed by atoms with Crippen molar-refractivity contribution in [3.05, 3.63) is 52.5 Å². The molecule has 2 aromatic rings. The lowest BCUT2D eigenvalue weighted by atomic mass is 10.2. The second-order valence-electron chi connectivity index (χ2n) is 4.38. The Morgan fingerprint density at radius 1 is 1.05 bits per heavy atom. The van der Waals surface area contributed by atoms with Crippen LogP contribution in [0.25, 0.3) is 0 Å². The third-order valence-electron chi connectivity index (χ3n) is 2.87. The fraction of sp³-hybridized carbons (Fsp3) is 0.188. The topological polar surface area (TPSA) is 53.7 Å². The Bertz CT molecular complexity index is 646. The largest absolute Gasteiger partial charge is 0.493 e. The van der Waals surface area contributed by atoms with E-state index < -0.39 is 0 Å². The summed E-state index contributed by atoms with van der Waals surface area (Å²) in [6.07, 6.45) is 0. The fourth-order valence-electron chi connectivity index (χ4n) is 1.78. The molecule has 0 bridgehead atoms. The molecule has 22 heavy (non-hydrogen) atoms. The number of halogens is 1. The van der Waals surface area contributed by atoms with E-state index in [9.17, 15) is 0 Å². The fourth-order valence-corrected chi connectivity index (χ4v) is 2.18. The monoisotopic (exact) mass is 381 g/mol. The quantitative estimate of drug-likeness (QED) is 0.586. The molecule has 0 radical (unpaired) electrons. The van der Waals surface area contributed by atoms with Crippen LogP contribution in [0.2, 0.25) is 0 Å². The highest BCUT2D eigenvalue weighted by Gasteiger charge is 2.07. The van der Waals surface area contributed by atoms with Crippen LogP contribution in [-0.2, 0) is 0 Å². The van der Waals surface area contributed by atoms with E-state index in [0.717, 1.165) is 15.8 Å². The van der Waals surface area contributed by atoms with Crippen molar-refractivity contribution < 1.29 is 14.2 Å². The van der Waals surface area contributed by atoms with E-state index in [1.807, 2.05) is 24.3 Å². The lowest BCUT2D eigenvalue weighted by molar-refractivity contribution is 0.211. The number of nitrogens with two attached hydrogens (primary N) is 1. The minimum atomic E-state index is 0.318. The molecule has 2 aromatic carbocycles. The Hall–Kier alpha value is -1.79. The highest BCUT2D eigenvalue weighted by Crippen LogP contribution is 2.28. The van der Waals surface area contributed by atoms with E-state index in [0.29, 0.717) is 29.7 Å². The molecule has 116 valence electrons. The summed E-state index contributed by atoms with van der Waals surface area (Å²) in [6, 6.07) is 13.0. The maximum absolute atomic E-state index is 5.69. The van der Waals surface area contributed by atoms with E-state index in [1.165, 1.54) is 0 Å². The van der Waals surface area contributed by atoms with E-state index in [1.54, 1.807) is 25.3 Å². The average molecular weight is 382 g/mol. The first-order valence-electron chi connectivity index (χ1n) is 6.59. The average Bonchev–Trinajstić information content (AvgIpc) is 2.53. The molecule has 0 heterocycles. The Balaban J connectivity index is 1.91. The molecule has 6 heteroatoms. The highest BCUT2D eigenvalue weighted by atomic mass is 79.9. The molecule has 0 amide bonds. The Kier molecular flexibility index (Phi) is 6.03. The van der Waals surface area contributed by atoms with Crippen LogP contribution >= 0.6 is 28.1 Å². The summed E-state index contributed by atoms with van der Waals surface area (Å²) in [5.41, 5.74) is 6.36. The van der Waals surface area contributed by atoms with Gasteiger partial charge in [-0.25, -0.2) is 0 Å². The van der Waals surface area contributed by atoms with Crippen molar-refractivity contribution in [3.8, 4) is 17.2 Å². The molecule has 0 spiro atoms. The van der Waals surface area contributed by atoms with Crippen LogP contribution in [0.3, 0.4) is 0 Å². The third kappa shape index (κ3) is 4.61. The van der Waals surface area contributed by atoms with Gasteiger partial charge in [0, 0.05) is 10.0 Å². The van der Waals surface area contributed by atoms with E-state index in [-0.39, 0.29) is 0 Å². The molecule has 2 rings (SSSR count). The Morgan fingerprint density at radius 2 is 1.73 bits per heavy atom. The zero-order chi connectivity index (χ0) is 15.9. The molecule has 0 unspecified atom stereocenters. The maximum atomic E-state index is 5.69. The molecule has 0 aliphatic rings. The molecule has 0 fully saturated rings.